The molecule has 4 heteroatoms. The number of carbonyl (C=O) groups is 1. The molecule has 0 radical (unpaired) electrons. The second-order valence-corrected chi connectivity index (χ2v) is 7.59. The van der Waals surface area contributed by atoms with Crippen LogP contribution < -0.4 is 0 Å². The molecule has 0 N–H and O–H groups in total. The Balaban J connectivity index is 1.72. The zero-order valence-corrected chi connectivity index (χ0v) is 14.9. The van der Waals surface area contributed by atoms with Gasteiger partial charge in [0.05, 0.1) is 0 Å². The minimum Gasteiger partial charge on any atom is -0.337 e. The molecule has 1 heterocycles. The molecule has 23 heavy (non-hydrogen) atoms. The standard InChI is InChI=1S/C19H24N2OS/c1-13-4-8-15(9-5-13)18-20-17(12-23-18)19(22)21(3)16-10-6-14(2)7-11-16/h4-5,8-9,12,14,16H,6-7,10-11H2,1-3H3. The van der Waals surface area contributed by atoms with Gasteiger partial charge >= 0.3 is 0 Å². The lowest BCUT2D eigenvalue weighted by molar-refractivity contribution is 0.0674. The molecule has 3 rings (SSSR count). The van der Waals surface area contributed by atoms with Gasteiger partial charge < -0.3 is 4.90 Å². The quantitative estimate of drug-likeness (QED) is 0.813. The molecule has 0 unspecified atom stereocenters. The van der Waals surface area contributed by atoms with Crippen LogP contribution >= 0.6 is 11.3 Å². The van der Waals surface area contributed by atoms with Gasteiger partial charge in [0.15, 0.2) is 0 Å². The molecule has 1 aliphatic carbocycles. The van der Waals surface area contributed by atoms with Gasteiger partial charge in [-0.05, 0) is 38.5 Å². The van der Waals surface area contributed by atoms with Crippen LogP contribution in [0.25, 0.3) is 10.6 Å². The van der Waals surface area contributed by atoms with E-state index in [0.717, 1.165) is 29.3 Å². The van der Waals surface area contributed by atoms with Crippen molar-refractivity contribution in [1.82, 2.24) is 9.88 Å². The number of benzene rings is 1. The van der Waals surface area contributed by atoms with E-state index in [9.17, 15) is 4.79 Å². The first-order valence-electron chi connectivity index (χ1n) is 8.34. The molecule has 122 valence electrons. The molecule has 1 aromatic carbocycles. The zero-order valence-electron chi connectivity index (χ0n) is 14.1. The van der Waals surface area contributed by atoms with Crippen molar-refractivity contribution in [2.75, 3.05) is 7.05 Å². The smallest absolute Gasteiger partial charge is 0.273 e. The van der Waals surface area contributed by atoms with E-state index >= 15 is 0 Å². The van der Waals surface area contributed by atoms with Gasteiger partial charge in [0.1, 0.15) is 10.7 Å². The van der Waals surface area contributed by atoms with Crippen LogP contribution in [-0.4, -0.2) is 28.9 Å². The molecule has 0 atom stereocenters. The summed E-state index contributed by atoms with van der Waals surface area (Å²) in [6, 6.07) is 8.65. The number of hydrogen-bond donors (Lipinski definition) is 0. The van der Waals surface area contributed by atoms with Gasteiger partial charge in [0, 0.05) is 24.0 Å². The monoisotopic (exact) mass is 328 g/mol. The summed E-state index contributed by atoms with van der Waals surface area (Å²) >= 11 is 1.54. The van der Waals surface area contributed by atoms with E-state index in [-0.39, 0.29) is 5.91 Å². The minimum atomic E-state index is 0.0548. The van der Waals surface area contributed by atoms with Gasteiger partial charge in [-0.15, -0.1) is 11.3 Å². The topological polar surface area (TPSA) is 33.2 Å². The van der Waals surface area contributed by atoms with Crippen LogP contribution in [0.1, 0.15) is 48.7 Å². The number of aromatic nitrogens is 1. The molecule has 1 amide bonds. The highest BCUT2D eigenvalue weighted by Crippen LogP contribution is 2.28. The fraction of sp³-hybridized carbons (Fsp3) is 0.474. The third-order valence-electron chi connectivity index (χ3n) is 4.88. The molecule has 0 bridgehead atoms. The Hall–Kier alpha value is -1.68. The SMILES string of the molecule is Cc1ccc(-c2nc(C(=O)N(C)C3CCC(C)CC3)cs2)cc1. The van der Waals surface area contributed by atoms with E-state index in [1.165, 1.54) is 18.4 Å². The highest BCUT2D eigenvalue weighted by atomic mass is 32.1. The molecule has 1 aromatic heterocycles. The van der Waals surface area contributed by atoms with Crippen molar-refractivity contribution in [3.63, 3.8) is 0 Å². The second-order valence-electron chi connectivity index (χ2n) is 6.73. The summed E-state index contributed by atoms with van der Waals surface area (Å²) in [6.07, 6.45) is 4.65. The van der Waals surface area contributed by atoms with Crippen LogP contribution in [0.4, 0.5) is 0 Å². The summed E-state index contributed by atoms with van der Waals surface area (Å²) < 4.78 is 0. The Labute approximate surface area is 142 Å². The second kappa shape index (κ2) is 6.83. The maximum absolute atomic E-state index is 12.7. The van der Waals surface area contributed by atoms with E-state index in [4.69, 9.17) is 0 Å². The Morgan fingerprint density at radius 1 is 1.17 bits per heavy atom. The molecular formula is C19H24N2OS. The van der Waals surface area contributed by atoms with Crippen LogP contribution in [-0.2, 0) is 0 Å². The van der Waals surface area contributed by atoms with Crippen LogP contribution in [0.5, 0.6) is 0 Å². The molecule has 3 nitrogen and oxygen atoms in total. The summed E-state index contributed by atoms with van der Waals surface area (Å²) in [4.78, 5) is 19.2. The summed E-state index contributed by atoms with van der Waals surface area (Å²) in [5, 5.41) is 2.80. The summed E-state index contributed by atoms with van der Waals surface area (Å²) in [5.41, 5.74) is 2.88. The van der Waals surface area contributed by atoms with E-state index in [1.54, 1.807) is 11.3 Å². The van der Waals surface area contributed by atoms with Gasteiger partial charge in [0.25, 0.3) is 5.91 Å². The third-order valence-corrected chi connectivity index (χ3v) is 5.77. The average Bonchev–Trinajstić information content (AvgIpc) is 3.05. The van der Waals surface area contributed by atoms with Gasteiger partial charge in [-0.2, -0.15) is 0 Å². The third kappa shape index (κ3) is 3.63. The maximum atomic E-state index is 12.7. The van der Waals surface area contributed by atoms with Crippen LogP contribution in [0, 0.1) is 12.8 Å². The number of carbonyl (C=O) groups excluding carboxylic acids is 1. The van der Waals surface area contributed by atoms with Gasteiger partial charge in [-0.3, -0.25) is 4.79 Å². The number of aryl methyl sites for hydroxylation is 1. The molecule has 1 saturated carbocycles. The Morgan fingerprint density at radius 2 is 1.83 bits per heavy atom. The summed E-state index contributed by atoms with van der Waals surface area (Å²) in [5.74, 6) is 0.848. The Morgan fingerprint density at radius 3 is 2.48 bits per heavy atom. The van der Waals surface area contributed by atoms with Crippen molar-refractivity contribution >= 4 is 17.2 Å². The van der Waals surface area contributed by atoms with Gasteiger partial charge in [0.2, 0.25) is 0 Å². The lowest BCUT2D eigenvalue weighted by Gasteiger charge is -2.33. The van der Waals surface area contributed by atoms with Crippen LogP contribution in [0.15, 0.2) is 29.6 Å². The minimum absolute atomic E-state index is 0.0548. The molecule has 1 aliphatic rings. The largest absolute Gasteiger partial charge is 0.337 e. The summed E-state index contributed by atoms with van der Waals surface area (Å²) in [6.45, 7) is 4.37. The van der Waals surface area contributed by atoms with Crippen molar-refractivity contribution < 1.29 is 4.79 Å². The van der Waals surface area contributed by atoms with E-state index in [0.29, 0.717) is 11.7 Å². The normalized spacial score (nSPS) is 21.2. The van der Waals surface area contributed by atoms with Gasteiger partial charge in [-0.25, -0.2) is 4.98 Å². The molecule has 0 aliphatic heterocycles. The van der Waals surface area contributed by atoms with Crippen molar-refractivity contribution in [3.8, 4) is 10.6 Å². The fourth-order valence-corrected chi connectivity index (χ4v) is 3.98. The van der Waals surface area contributed by atoms with Crippen LogP contribution in [0.2, 0.25) is 0 Å². The van der Waals surface area contributed by atoms with E-state index in [2.05, 4.69) is 43.1 Å². The first-order valence-corrected chi connectivity index (χ1v) is 9.22. The summed E-state index contributed by atoms with van der Waals surface area (Å²) in [7, 11) is 1.92. The van der Waals surface area contributed by atoms with Crippen molar-refractivity contribution in [3.05, 3.63) is 40.9 Å². The number of thiazole rings is 1. The predicted octanol–water partition coefficient (Wildman–Crippen LogP) is 4.77. The van der Waals surface area contributed by atoms with Crippen molar-refractivity contribution in [2.24, 2.45) is 5.92 Å². The van der Waals surface area contributed by atoms with E-state index in [1.807, 2.05) is 17.3 Å². The number of rotatable bonds is 3. The first-order chi connectivity index (χ1) is 11.0. The highest BCUT2D eigenvalue weighted by Gasteiger charge is 2.26. The predicted molar refractivity (Wildman–Crippen MR) is 95.8 cm³/mol. The lowest BCUT2D eigenvalue weighted by atomic mass is 9.87. The number of nitrogens with zero attached hydrogens (tertiary/aromatic N) is 2. The van der Waals surface area contributed by atoms with E-state index < -0.39 is 0 Å². The average molecular weight is 328 g/mol. The zero-order chi connectivity index (χ0) is 16.4. The maximum Gasteiger partial charge on any atom is 0.273 e. The van der Waals surface area contributed by atoms with Crippen molar-refractivity contribution in [2.45, 2.75) is 45.6 Å². The first kappa shape index (κ1) is 16.2. The fourth-order valence-electron chi connectivity index (χ4n) is 3.18. The molecule has 1 fully saturated rings. The molecular weight excluding hydrogens is 304 g/mol. The van der Waals surface area contributed by atoms with Gasteiger partial charge in [-0.1, -0.05) is 36.8 Å². The highest BCUT2D eigenvalue weighted by molar-refractivity contribution is 7.13. The van der Waals surface area contributed by atoms with Crippen molar-refractivity contribution in [1.29, 1.82) is 0 Å². The van der Waals surface area contributed by atoms with Crippen LogP contribution in [0.3, 0.4) is 0 Å². The number of hydrogen-bond acceptors (Lipinski definition) is 3. The Kier molecular flexibility index (Phi) is 4.81. The molecule has 0 spiro atoms. The molecule has 0 saturated heterocycles. The molecule has 2 aromatic rings. The number of amides is 1. The lowest BCUT2D eigenvalue weighted by Crippen LogP contribution is -2.39. The Bertz CT molecular complexity index is 669.